The molecule has 0 aliphatic carbocycles. The van der Waals surface area contributed by atoms with Gasteiger partial charge < -0.3 is 4.52 Å². The second-order valence-electron chi connectivity index (χ2n) is 7.75. The van der Waals surface area contributed by atoms with Crippen LogP contribution in [-0.4, -0.2) is 40.9 Å². The maximum absolute atomic E-state index is 15.5. The number of rotatable bonds is 5. The van der Waals surface area contributed by atoms with E-state index in [0.717, 1.165) is 5.56 Å². The molecular weight excluding hydrogens is 407 g/mol. The monoisotopic (exact) mass is 430 g/mol. The van der Waals surface area contributed by atoms with E-state index in [1.807, 2.05) is 26.0 Å². The third-order valence-corrected chi connectivity index (χ3v) is 7.36. The molecule has 158 valence electrons. The first-order valence-electron chi connectivity index (χ1n) is 9.83. The fourth-order valence-electron chi connectivity index (χ4n) is 3.49. The lowest BCUT2D eigenvalue weighted by atomic mass is 9.94. The summed E-state index contributed by atoms with van der Waals surface area (Å²) in [6, 6.07) is 10.3. The number of alkyl halides is 1. The van der Waals surface area contributed by atoms with Crippen molar-refractivity contribution in [1.82, 2.24) is 19.4 Å². The van der Waals surface area contributed by atoms with Crippen LogP contribution in [0.2, 0.25) is 0 Å². The molecule has 1 fully saturated rings. The van der Waals surface area contributed by atoms with Crippen LogP contribution in [0.4, 0.5) is 4.39 Å². The van der Waals surface area contributed by atoms with E-state index in [9.17, 15) is 8.42 Å². The lowest BCUT2D eigenvalue weighted by molar-refractivity contribution is 0.0511. The highest BCUT2D eigenvalue weighted by atomic mass is 32.2. The molecule has 3 aromatic rings. The summed E-state index contributed by atoms with van der Waals surface area (Å²) in [4.78, 5) is 8.35. The largest absolute Gasteiger partial charge is 0.335 e. The number of hydrogen-bond donors (Lipinski definition) is 0. The SMILES string of the molecule is CC(C)c1ccc(S(=O)(=O)N2CCC(F)(c3nc(-c4ccncc4)no3)CC2)cc1. The molecule has 3 heterocycles. The minimum Gasteiger partial charge on any atom is -0.335 e. The summed E-state index contributed by atoms with van der Waals surface area (Å²) in [5.74, 6) is 0.479. The third kappa shape index (κ3) is 3.87. The first-order valence-corrected chi connectivity index (χ1v) is 11.3. The number of hydrogen-bond acceptors (Lipinski definition) is 6. The van der Waals surface area contributed by atoms with Crippen LogP contribution in [0.25, 0.3) is 11.4 Å². The predicted octanol–water partition coefficient (Wildman–Crippen LogP) is 3.90. The van der Waals surface area contributed by atoms with E-state index in [0.29, 0.717) is 11.5 Å². The molecule has 4 rings (SSSR count). The van der Waals surface area contributed by atoms with Crippen molar-refractivity contribution in [1.29, 1.82) is 0 Å². The Morgan fingerprint density at radius 3 is 2.30 bits per heavy atom. The quantitative estimate of drug-likeness (QED) is 0.610. The van der Waals surface area contributed by atoms with Gasteiger partial charge in [0.25, 0.3) is 5.89 Å². The van der Waals surface area contributed by atoms with Crippen LogP contribution >= 0.6 is 0 Å². The van der Waals surface area contributed by atoms with Gasteiger partial charge in [-0.2, -0.15) is 9.29 Å². The number of pyridine rings is 1. The first-order chi connectivity index (χ1) is 14.3. The standard InChI is InChI=1S/C21H23FN4O3S/c1-15(2)16-3-5-18(6-4-16)30(27,28)26-13-9-21(22,10-14-26)20-24-19(25-29-20)17-7-11-23-12-8-17/h3-8,11-12,15H,9-10,13-14H2,1-2H3. The molecule has 30 heavy (non-hydrogen) atoms. The van der Waals surface area contributed by atoms with Crippen LogP contribution in [0.5, 0.6) is 0 Å². The molecule has 1 aliphatic rings. The van der Waals surface area contributed by atoms with Crippen LogP contribution < -0.4 is 0 Å². The Morgan fingerprint density at radius 1 is 1.07 bits per heavy atom. The van der Waals surface area contributed by atoms with Gasteiger partial charge in [-0.15, -0.1) is 0 Å². The second-order valence-corrected chi connectivity index (χ2v) is 9.69. The van der Waals surface area contributed by atoms with Crippen molar-refractivity contribution in [2.45, 2.75) is 43.2 Å². The van der Waals surface area contributed by atoms with Crippen molar-refractivity contribution < 1.29 is 17.3 Å². The molecule has 0 spiro atoms. The average Bonchev–Trinajstić information content (AvgIpc) is 3.26. The van der Waals surface area contributed by atoms with E-state index in [-0.39, 0.29) is 42.5 Å². The highest BCUT2D eigenvalue weighted by molar-refractivity contribution is 7.89. The Bertz CT molecular complexity index is 1110. The molecule has 9 heteroatoms. The van der Waals surface area contributed by atoms with E-state index < -0.39 is 15.7 Å². The van der Waals surface area contributed by atoms with Gasteiger partial charge in [0, 0.05) is 43.9 Å². The van der Waals surface area contributed by atoms with Crippen LogP contribution in [0.1, 0.15) is 44.1 Å². The zero-order chi connectivity index (χ0) is 21.4. The highest BCUT2D eigenvalue weighted by Gasteiger charge is 2.44. The summed E-state index contributed by atoms with van der Waals surface area (Å²) < 4.78 is 47.9. The van der Waals surface area contributed by atoms with E-state index in [1.165, 1.54) is 4.31 Å². The van der Waals surface area contributed by atoms with Crippen molar-refractivity contribution in [2.24, 2.45) is 0 Å². The van der Waals surface area contributed by atoms with Gasteiger partial charge in [0.15, 0.2) is 5.67 Å². The zero-order valence-electron chi connectivity index (χ0n) is 16.8. The van der Waals surface area contributed by atoms with Gasteiger partial charge in [0.1, 0.15) is 0 Å². The van der Waals surface area contributed by atoms with Crippen molar-refractivity contribution in [3.63, 3.8) is 0 Å². The maximum Gasteiger partial charge on any atom is 0.264 e. The van der Waals surface area contributed by atoms with E-state index in [4.69, 9.17) is 4.52 Å². The maximum atomic E-state index is 15.5. The summed E-state index contributed by atoms with van der Waals surface area (Å²) in [7, 11) is -3.68. The second kappa shape index (κ2) is 7.88. The molecule has 0 bridgehead atoms. The molecule has 1 saturated heterocycles. The summed E-state index contributed by atoms with van der Waals surface area (Å²) in [6.07, 6.45) is 3.09. The molecule has 7 nitrogen and oxygen atoms in total. The molecule has 1 aromatic carbocycles. The number of benzene rings is 1. The lowest BCUT2D eigenvalue weighted by Gasteiger charge is -2.33. The van der Waals surface area contributed by atoms with Gasteiger partial charge in [-0.3, -0.25) is 4.98 Å². The molecule has 2 aromatic heterocycles. The van der Waals surface area contributed by atoms with Gasteiger partial charge >= 0.3 is 0 Å². The van der Waals surface area contributed by atoms with Gasteiger partial charge in [0.2, 0.25) is 15.8 Å². The number of piperidine rings is 1. The Morgan fingerprint density at radius 2 is 1.70 bits per heavy atom. The third-order valence-electron chi connectivity index (χ3n) is 5.45. The van der Waals surface area contributed by atoms with Gasteiger partial charge in [-0.1, -0.05) is 31.1 Å². The molecule has 0 amide bonds. The van der Waals surface area contributed by atoms with Crippen molar-refractivity contribution >= 4 is 10.0 Å². The van der Waals surface area contributed by atoms with Crippen molar-refractivity contribution in [3.8, 4) is 11.4 Å². The topological polar surface area (TPSA) is 89.2 Å². The van der Waals surface area contributed by atoms with E-state index in [2.05, 4.69) is 15.1 Å². The Hall–Kier alpha value is -2.65. The number of aromatic nitrogens is 3. The van der Waals surface area contributed by atoms with E-state index >= 15 is 4.39 Å². The summed E-state index contributed by atoms with van der Waals surface area (Å²) in [5.41, 5.74) is -0.114. The fraction of sp³-hybridized carbons (Fsp3) is 0.381. The fourth-order valence-corrected chi connectivity index (χ4v) is 4.93. The number of sulfonamides is 1. The number of halogens is 1. The lowest BCUT2D eigenvalue weighted by Crippen LogP contribution is -2.43. The average molecular weight is 431 g/mol. The summed E-state index contributed by atoms with van der Waals surface area (Å²) in [6.45, 7) is 4.18. The Labute approximate surface area is 175 Å². The molecule has 0 unspecified atom stereocenters. The van der Waals surface area contributed by atoms with Crippen molar-refractivity contribution in [2.75, 3.05) is 13.1 Å². The van der Waals surface area contributed by atoms with Gasteiger partial charge in [-0.25, -0.2) is 12.8 Å². The Kier molecular flexibility index (Phi) is 5.42. The molecule has 0 atom stereocenters. The van der Waals surface area contributed by atoms with Gasteiger partial charge in [-0.05, 0) is 35.7 Å². The van der Waals surface area contributed by atoms with E-state index in [1.54, 1.807) is 36.7 Å². The predicted molar refractivity (Wildman–Crippen MR) is 109 cm³/mol. The minimum atomic E-state index is -3.68. The summed E-state index contributed by atoms with van der Waals surface area (Å²) >= 11 is 0. The normalized spacial score (nSPS) is 17.3. The molecule has 0 radical (unpaired) electrons. The number of nitrogens with zero attached hydrogens (tertiary/aromatic N) is 4. The van der Waals surface area contributed by atoms with Crippen LogP contribution in [-0.2, 0) is 15.7 Å². The Balaban J connectivity index is 1.48. The molecule has 1 aliphatic heterocycles. The molecule has 0 N–H and O–H groups in total. The van der Waals surface area contributed by atoms with Crippen LogP contribution in [0, 0.1) is 0 Å². The molecule has 0 saturated carbocycles. The minimum absolute atomic E-state index is 0.0394. The van der Waals surface area contributed by atoms with Crippen molar-refractivity contribution in [3.05, 3.63) is 60.2 Å². The highest BCUT2D eigenvalue weighted by Crippen LogP contribution is 2.38. The van der Waals surface area contributed by atoms with Gasteiger partial charge in [0.05, 0.1) is 4.90 Å². The van der Waals surface area contributed by atoms with Crippen LogP contribution in [0.3, 0.4) is 0 Å². The smallest absolute Gasteiger partial charge is 0.264 e. The summed E-state index contributed by atoms with van der Waals surface area (Å²) in [5, 5.41) is 3.86. The van der Waals surface area contributed by atoms with Crippen LogP contribution in [0.15, 0.2) is 58.2 Å². The zero-order valence-corrected chi connectivity index (χ0v) is 17.6. The first kappa shape index (κ1) is 20.6. The molecular formula is C21H23FN4O3S.